The Morgan fingerprint density at radius 1 is 1.50 bits per heavy atom. The quantitative estimate of drug-likeness (QED) is 0.842. The number of nitrogens with two attached hydrogens (primary N) is 1. The van der Waals surface area contributed by atoms with Crippen LogP contribution in [0.3, 0.4) is 0 Å². The van der Waals surface area contributed by atoms with Crippen LogP contribution >= 0.6 is 15.9 Å². The van der Waals surface area contributed by atoms with Crippen LogP contribution in [-0.4, -0.2) is 22.8 Å². The summed E-state index contributed by atoms with van der Waals surface area (Å²) < 4.78 is 0.929. The Bertz CT molecular complexity index is 447. The summed E-state index contributed by atoms with van der Waals surface area (Å²) in [6, 6.07) is 7.16. The zero-order valence-electron chi connectivity index (χ0n) is 8.52. The fourth-order valence-corrected chi connectivity index (χ4v) is 2.13. The van der Waals surface area contributed by atoms with Crippen LogP contribution in [-0.2, 0) is 16.1 Å². The lowest BCUT2D eigenvalue weighted by atomic mass is 10.00. The molecule has 1 aromatic rings. The van der Waals surface area contributed by atoms with Gasteiger partial charge in [-0.25, -0.2) is 0 Å². The highest BCUT2D eigenvalue weighted by atomic mass is 79.9. The summed E-state index contributed by atoms with van der Waals surface area (Å²) in [4.78, 5) is 23.9. The largest absolute Gasteiger partial charge is 0.368 e. The summed E-state index contributed by atoms with van der Waals surface area (Å²) in [7, 11) is 0. The molecule has 0 aliphatic carbocycles. The van der Waals surface area contributed by atoms with Gasteiger partial charge in [0.1, 0.15) is 6.04 Å². The molecule has 1 fully saturated rings. The van der Waals surface area contributed by atoms with Gasteiger partial charge in [0.25, 0.3) is 0 Å². The van der Waals surface area contributed by atoms with Crippen molar-refractivity contribution >= 4 is 27.7 Å². The summed E-state index contributed by atoms with van der Waals surface area (Å²) in [6.07, 6.45) is 0.236. The SMILES string of the molecule is NC(=O)[C@@H]1CC(=O)N1Cc1ccccc1Br. The highest BCUT2D eigenvalue weighted by Gasteiger charge is 2.39. The van der Waals surface area contributed by atoms with Gasteiger partial charge in [0, 0.05) is 11.0 Å². The number of hydrogen-bond acceptors (Lipinski definition) is 2. The zero-order valence-corrected chi connectivity index (χ0v) is 10.1. The van der Waals surface area contributed by atoms with Crippen LogP contribution in [0.1, 0.15) is 12.0 Å². The van der Waals surface area contributed by atoms with Crippen molar-refractivity contribution in [3.8, 4) is 0 Å². The maximum atomic E-state index is 11.4. The first kappa shape index (κ1) is 11.1. The monoisotopic (exact) mass is 282 g/mol. The van der Waals surface area contributed by atoms with E-state index in [0.29, 0.717) is 6.54 Å². The van der Waals surface area contributed by atoms with E-state index in [9.17, 15) is 9.59 Å². The van der Waals surface area contributed by atoms with E-state index in [1.54, 1.807) is 0 Å². The van der Waals surface area contributed by atoms with Crippen molar-refractivity contribution in [1.29, 1.82) is 0 Å². The van der Waals surface area contributed by atoms with Gasteiger partial charge in [-0.3, -0.25) is 9.59 Å². The normalized spacial score (nSPS) is 19.4. The zero-order chi connectivity index (χ0) is 11.7. The summed E-state index contributed by atoms with van der Waals surface area (Å²) in [6.45, 7) is 0.424. The number of likely N-dealkylation sites (tertiary alicyclic amines) is 1. The molecular weight excluding hydrogens is 272 g/mol. The number of primary amides is 1. The standard InChI is InChI=1S/C11H11BrN2O2/c12-8-4-2-1-3-7(8)6-14-9(11(13)16)5-10(14)15/h1-4,9H,5-6H2,(H2,13,16)/t9-/m0/s1. The lowest BCUT2D eigenvalue weighted by Gasteiger charge is -2.38. The molecule has 0 saturated carbocycles. The highest BCUT2D eigenvalue weighted by molar-refractivity contribution is 9.10. The fraction of sp³-hybridized carbons (Fsp3) is 0.273. The maximum Gasteiger partial charge on any atom is 0.240 e. The van der Waals surface area contributed by atoms with Crippen molar-refractivity contribution in [2.75, 3.05) is 0 Å². The Hall–Kier alpha value is -1.36. The third kappa shape index (κ3) is 1.95. The molecule has 1 aromatic carbocycles. The number of amides is 2. The van der Waals surface area contributed by atoms with E-state index in [2.05, 4.69) is 15.9 Å². The molecule has 1 saturated heterocycles. The number of hydrogen-bond donors (Lipinski definition) is 1. The predicted molar refractivity (Wildman–Crippen MR) is 62.3 cm³/mol. The van der Waals surface area contributed by atoms with Crippen molar-refractivity contribution in [1.82, 2.24) is 4.90 Å². The molecule has 2 rings (SSSR count). The van der Waals surface area contributed by atoms with Crippen LogP contribution < -0.4 is 5.73 Å². The minimum atomic E-state index is -0.445. The molecule has 1 aliphatic rings. The number of halogens is 1. The van der Waals surface area contributed by atoms with Crippen molar-refractivity contribution in [2.45, 2.75) is 19.0 Å². The highest BCUT2D eigenvalue weighted by Crippen LogP contribution is 2.25. The van der Waals surface area contributed by atoms with Gasteiger partial charge < -0.3 is 10.6 Å². The molecule has 1 heterocycles. The Balaban J connectivity index is 2.13. The second kappa shape index (κ2) is 4.25. The van der Waals surface area contributed by atoms with Gasteiger partial charge in [-0.05, 0) is 11.6 Å². The smallest absolute Gasteiger partial charge is 0.240 e. The van der Waals surface area contributed by atoms with Gasteiger partial charge in [-0.2, -0.15) is 0 Å². The molecule has 84 valence electrons. The van der Waals surface area contributed by atoms with E-state index >= 15 is 0 Å². The van der Waals surface area contributed by atoms with Crippen molar-refractivity contribution in [3.63, 3.8) is 0 Å². The average molecular weight is 283 g/mol. The molecule has 5 heteroatoms. The van der Waals surface area contributed by atoms with E-state index in [-0.39, 0.29) is 12.3 Å². The predicted octanol–water partition coefficient (Wildman–Crippen LogP) is 1.04. The van der Waals surface area contributed by atoms with E-state index in [1.807, 2.05) is 24.3 Å². The van der Waals surface area contributed by atoms with Crippen molar-refractivity contribution in [3.05, 3.63) is 34.3 Å². The number of carbonyl (C=O) groups is 2. The first-order valence-corrected chi connectivity index (χ1v) is 5.71. The van der Waals surface area contributed by atoms with Crippen molar-refractivity contribution < 1.29 is 9.59 Å². The van der Waals surface area contributed by atoms with Crippen LogP contribution in [0.15, 0.2) is 28.7 Å². The van der Waals surface area contributed by atoms with Gasteiger partial charge in [0.15, 0.2) is 0 Å². The molecule has 0 unspecified atom stereocenters. The van der Waals surface area contributed by atoms with Crippen LogP contribution in [0.2, 0.25) is 0 Å². The molecule has 1 atom stereocenters. The first-order chi connectivity index (χ1) is 7.59. The van der Waals surface area contributed by atoms with Gasteiger partial charge in [0.05, 0.1) is 6.42 Å². The molecule has 0 radical (unpaired) electrons. The fourth-order valence-electron chi connectivity index (χ4n) is 1.72. The van der Waals surface area contributed by atoms with Crippen LogP contribution in [0.5, 0.6) is 0 Å². The van der Waals surface area contributed by atoms with Gasteiger partial charge in [-0.15, -0.1) is 0 Å². The van der Waals surface area contributed by atoms with E-state index < -0.39 is 11.9 Å². The maximum absolute atomic E-state index is 11.4. The van der Waals surface area contributed by atoms with E-state index in [1.165, 1.54) is 4.90 Å². The molecule has 1 aliphatic heterocycles. The lowest BCUT2D eigenvalue weighted by molar-refractivity contribution is -0.153. The third-order valence-electron chi connectivity index (χ3n) is 2.69. The number of carbonyl (C=O) groups excluding carboxylic acids is 2. The molecular formula is C11H11BrN2O2. The number of β-lactam (4-membered cyclic amide) rings is 1. The Kier molecular flexibility index (Phi) is 2.96. The Morgan fingerprint density at radius 2 is 2.19 bits per heavy atom. The Labute approximate surface area is 102 Å². The molecule has 2 amide bonds. The van der Waals surface area contributed by atoms with E-state index in [0.717, 1.165) is 10.0 Å². The minimum absolute atomic E-state index is 0.0282. The molecule has 2 N–H and O–H groups in total. The molecule has 0 spiro atoms. The lowest BCUT2D eigenvalue weighted by Crippen LogP contribution is -2.57. The molecule has 0 aromatic heterocycles. The van der Waals surface area contributed by atoms with Crippen LogP contribution in [0.4, 0.5) is 0 Å². The molecule has 16 heavy (non-hydrogen) atoms. The minimum Gasteiger partial charge on any atom is -0.368 e. The van der Waals surface area contributed by atoms with Gasteiger partial charge in [0.2, 0.25) is 11.8 Å². The Morgan fingerprint density at radius 3 is 2.75 bits per heavy atom. The second-order valence-corrected chi connectivity index (χ2v) is 4.59. The number of nitrogens with zero attached hydrogens (tertiary/aromatic N) is 1. The van der Waals surface area contributed by atoms with Crippen LogP contribution in [0.25, 0.3) is 0 Å². The topological polar surface area (TPSA) is 63.4 Å². The third-order valence-corrected chi connectivity index (χ3v) is 3.47. The number of benzene rings is 1. The summed E-state index contributed by atoms with van der Waals surface area (Å²) in [5.74, 6) is -0.466. The molecule has 0 bridgehead atoms. The molecule has 4 nitrogen and oxygen atoms in total. The van der Waals surface area contributed by atoms with Gasteiger partial charge >= 0.3 is 0 Å². The van der Waals surface area contributed by atoms with Gasteiger partial charge in [-0.1, -0.05) is 34.1 Å². The summed E-state index contributed by atoms with van der Waals surface area (Å²) >= 11 is 3.40. The van der Waals surface area contributed by atoms with Crippen LogP contribution in [0, 0.1) is 0 Å². The second-order valence-electron chi connectivity index (χ2n) is 3.74. The van der Waals surface area contributed by atoms with Crippen molar-refractivity contribution in [2.24, 2.45) is 5.73 Å². The number of rotatable bonds is 3. The van der Waals surface area contributed by atoms with E-state index in [4.69, 9.17) is 5.73 Å². The average Bonchev–Trinajstić information content (AvgIpc) is 2.24. The first-order valence-electron chi connectivity index (χ1n) is 4.92. The summed E-state index contributed by atoms with van der Waals surface area (Å²) in [5, 5.41) is 0. The summed E-state index contributed by atoms with van der Waals surface area (Å²) in [5.41, 5.74) is 6.17.